The predicted octanol–water partition coefficient (Wildman–Crippen LogP) is 0.633. The van der Waals surface area contributed by atoms with Crippen molar-refractivity contribution in [1.29, 1.82) is 0 Å². The number of carbonyl (C=O) groups excluding carboxylic acids is 1. The van der Waals surface area contributed by atoms with Crippen molar-refractivity contribution in [2.24, 2.45) is 16.3 Å². The zero-order valence-electron chi connectivity index (χ0n) is 11.0. The summed E-state index contributed by atoms with van der Waals surface area (Å²) in [7, 11) is 0. The number of carbonyl (C=O) groups is 1. The summed E-state index contributed by atoms with van der Waals surface area (Å²) in [6, 6.07) is 7.85. The third-order valence-electron chi connectivity index (χ3n) is 3.99. The van der Waals surface area contributed by atoms with Crippen molar-refractivity contribution in [2.75, 3.05) is 6.54 Å². The highest BCUT2D eigenvalue weighted by Gasteiger charge is 2.54. The minimum atomic E-state index is -0.805. The molecule has 106 valence electrons. The van der Waals surface area contributed by atoms with Crippen molar-refractivity contribution in [2.45, 2.75) is 25.4 Å². The fourth-order valence-electron chi connectivity index (χ4n) is 2.56. The lowest BCUT2D eigenvalue weighted by Crippen LogP contribution is -2.44. The number of rotatable bonds is 4. The molecule has 0 bridgehead atoms. The van der Waals surface area contributed by atoms with Gasteiger partial charge in [0.15, 0.2) is 5.84 Å². The summed E-state index contributed by atoms with van der Waals surface area (Å²) >= 11 is 0. The van der Waals surface area contributed by atoms with E-state index in [-0.39, 0.29) is 17.8 Å². The number of nitrogens with two attached hydrogens (primary N) is 1. The zero-order valence-corrected chi connectivity index (χ0v) is 11.0. The monoisotopic (exact) mass is 275 g/mol. The maximum absolute atomic E-state index is 12.1. The van der Waals surface area contributed by atoms with E-state index in [0.717, 1.165) is 17.7 Å². The van der Waals surface area contributed by atoms with Gasteiger partial charge in [-0.2, -0.15) is 0 Å². The molecular formula is C14H17N3O3. The standard InChI is InChI=1S/C14H17N3O3/c15-12(17-19)14(5-6-14)13(18)16-8-10-7-9-3-1-2-4-11(9)20-10/h1-4,10,19H,5-8H2,(H2,15,17)(H,16,18). The van der Waals surface area contributed by atoms with E-state index in [1.54, 1.807) is 0 Å². The summed E-state index contributed by atoms with van der Waals surface area (Å²) in [5.41, 5.74) is 5.93. The first-order valence-electron chi connectivity index (χ1n) is 6.66. The van der Waals surface area contributed by atoms with Crippen LogP contribution in [0.2, 0.25) is 0 Å². The van der Waals surface area contributed by atoms with Gasteiger partial charge in [-0.1, -0.05) is 23.4 Å². The van der Waals surface area contributed by atoms with Gasteiger partial charge in [0.2, 0.25) is 5.91 Å². The largest absolute Gasteiger partial charge is 0.488 e. The SMILES string of the molecule is N/C(=N/O)C1(C(=O)NCC2Cc3ccccc3O2)CC1. The number of amides is 1. The smallest absolute Gasteiger partial charge is 0.234 e. The molecule has 1 aromatic rings. The van der Waals surface area contributed by atoms with Gasteiger partial charge >= 0.3 is 0 Å². The van der Waals surface area contributed by atoms with Gasteiger partial charge in [-0.05, 0) is 24.5 Å². The molecule has 6 nitrogen and oxygen atoms in total. The molecule has 1 atom stereocenters. The average Bonchev–Trinajstić information content (AvgIpc) is 3.18. The number of benzene rings is 1. The van der Waals surface area contributed by atoms with E-state index in [1.807, 2.05) is 24.3 Å². The van der Waals surface area contributed by atoms with Crippen molar-refractivity contribution in [1.82, 2.24) is 5.32 Å². The summed E-state index contributed by atoms with van der Waals surface area (Å²) in [5, 5.41) is 14.5. The fraction of sp³-hybridized carbons (Fsp3) is 0.429. The van der Waals surface area contributed by atoms with Gasteiger partial charge in [0.25, 0.3) is 0 Å². The van der Waals surface area contributed by atoms with E-state index < -0.39 is 5.41 Å². The Bertz CT molecular complexity index is 542. The van der Waals surface area contributed by atoms with Crippen molar-refractivity contribution in [3.05, 3.63) is 29.8 Å². The van der Waals surface area contributed by atoms with Crippen LogP contribution in [0.4, 0.5) is 0 Å². The van der Waals surface area contributed by atoms with Crippen LogP contribution in [0, 0.1) is 5.41 Å². The molecule has 0 saturated heterocycles. The maximum atomic E-state index is 12.1. The Morgan fingerprint density at radius 1 is 1.50 bits per heavy atom. The average molecular weight is 275 g/mol. The quantitative estimate of drug-likeness (QED) is 0.325. The van der Waals surface area contributed by atoms with Gasteiger partial charge in [0, 0.05) is 6.42 Å². The highest BCUT2D eigenvalue weighted by Crippen LogP contribution is 2.46. The number of hydrogen-bond acceptors (Lipinski definition) is 4. The number of oxime groups is 1. The molecule has 1 aliphatic carbocycles. The first kappa shape index (κ1) is 12.8. The molecule has 0 aromatic heterocycles. The van der Waals surface area contributed by atoms with Gasteiger partial charge in [-0.3, -0.25) is 4.79 Å². The van der Waals surface area contributed by atoms with Crippen LogP contribution in [0.5, 0.6) is 5.75 Å². The normalized spacial score (nSPS) is 22.8. The highest BCUT2D eigenvalue weighted by molar-refractivity contribution is 6.09. The predicted molar refractivity (Wildman–Crippen MR) is 72.6 cm³/mol. The molecule has 20 heavy (non-hydrogen) atoms. The number of nitrogens with zero attached hydrogens (tertiary/aromatic N) is 1. The lowest BCUT2D eigenvalue weighted by molar-refractivity contribution is -0.124. The second kappa shape index (κ2) is 4.70. The number of fused-ring (bicyclic) bond motifs is 1. The van der Waals surface area contributed by atoms with Crippen molar-refractivity contribution < 1.29 is 14.7 Å². The summed E-state index contributed by atoms with van der Waals surface area (Å²) in [4.78, 5) is 12.1. The van der Waals surface area contributed by atoms with E-state index in [1.165, 1.54) is 0 Å². The topological polar surface area (TPSA) is 96.9 Å². The lowest BCUT2D eigenvalue weighted by atomic mass is 10.0. The number of para-hydroxylation sites is 1. The number of amidine groups is 1. The Morgan fingerprint density at radius 3 is 2.90 bits per heavy atom. The molecule has 1 aliphatic heterocycles. The third kappa shape index (κ3) is 2.07. The Labute approximate surface area is 116 Å². The second-order valence-corrected chi connectivity index (χ2v) is 5.33. The molecule has 1 unspecified atom stereocenters. The van der Waals surface area contributed by atoms with Crippen LogP contribution in [-0.4, -0.2) is 29.6 Å². The van der Waals surface area contributed by atoms with Crippen molar-refractivity contribution >= 4 is 11.7 Å². The molecule has 0 radical (unpaired) electrons. The summed E-state index contributed by atoms with van der Waals surface area (Å²) in [5.74, 6) is 0.683. The van der Waals surface area contributed by atoms with Crippen LogP contribution < -0.4 is 15.8 Å². The van der Waals surface area contributed by atoms with Gasteiger partial charge in [0.1, 0.15) is 17.3 Å². The molecule has 4 N–H and O–H groups in total. The van der Waals surface area contributed by atoms with E-state index in [0.29, 0.717) is 19.4 Å². The molecule has 3 rings (SSSR count). The molecule has 6 heteroatoms. The minimum Gasteiger partial charge on any atom is -0.488 e. The van der Waals surface area contributed by atoms with E-state index in [2.05, 4.69) is 10.5 Å². The Morgan fingerprint density at radius 2 is 2.25 bits per heavy atom. The highest BCUT2D eigenvalue weighted by atomic mass is 16.5. The number of hydrogen-bond donors (Lipinski definition) is 3. The molecule has 1 fully saturated rings. The molecule has 1 saturated carbocycles. The van der Waals surface area contributed by atoms with E-state index in [4.69, 9.17) is 15.7 Å². The Kier molecular flexibility index (Phi) is 3.00. The molecule has 1 amide bonds. The summed E-state index contributed by atoms with van der Waals surface area (Å²) in [6.07, 6.45) is 1.98. The van der Waals surface area contributed by atoms with Gasteiger partial charge in [0.05, 0.1) is 6.54 Å². The summed E-state index contributed by atoms with van der Waals surface area (Å²) in [6.45, 7) is 0.425. The lowest BCUT2D eigenvalue weighted by Gasteiger charge is -2.16. The van der Waals surface area contributed by atoms with Crippen LogP contribution >= 0.6 is 0 Å². The first-order valence-corrected chi connectivity index (χ1v) is 6.66. The van der Waals surface area contributed by atoms with E-state index in [9.17, 15) is 4.79 Å². The van der Waals surface area contributed by atoms with Gasteiger partial charge < -0.3 is 21.0 Å². The summed E-state index contributed by atoms with van der Waals surface area (Å²) < 4.78 is 5.75. The first-order chi connectivity index (χ1) is 9.65. The van der Waals surface area contributed by atoms with Gasteiger partial charge in [-0.15, -0.1) is 0 Å². The Balaban J connectivity index is 1.56. The Hall–Kier alpha value is -2.24. The molecule has 2 aliphatic rings. The van der Waals surface area contributed by atoms with Crippen molar-refractivity contribution in [3.63, 3.8) is 0 Å². The van der Waals surface area contributed by atoms with Crippen molar-refractivity contribution in [3.8, 4) is 5.75 Å². The number of nitrogens with one attached hydrogen (secondary N) is 1. The molecular weight excluding hydrogens is 258 g/mol. The second-order valence-electron chi connectivity index (χ2n) is 5.33. The molecule has 0 spiro atoms. The maximum Gasteiger partial charge on any atom is 0.234 e. The van der Waals surface area contributed by atoms with Crippen LogP contribution in [0.1, 0.15) is 18.4 Å². The van der Waals surface area contributed by atoms with Crippen LogP contribution in [0.15, 0.2) is 29.4 Å². The van der Waals surface area contributed by atoms with Gasteiger partial charge in [-0.25, -0.2) is 0 Å². The number of ether oxygens (including phenoxy) is 1. The molecule has 1 aromatic carbocycles. The molecule has 1 heterocycles. The third-order valence-corrected chi connectivity index (χ3v) is 3.99. The van der Waals surface area contributed by atoms with Crippen LogP contribution in [0.3, 0.4) is 0 Å². The minimum absolute atomic E-state index is 0.00868. The van der Waals surface area contributed by atoms with Crippen LogP contribution in [-0.2, 0) is 11.2 Å². The van der Waals surface area contributed by atoms with Crippen LogP contribution in [0.25, 0.3) is 0 Å². The zero-order chi connectivity index (χ0) is 14.2. The fourth-order valence-corrected chi connectivity index (χ4v) is 2.56. The van der Waals surface area contributed by atoms with E-state index >= 15 is 0 Å².